The Morgan fingerprint density at radius 3 is 2.86 bits per heavy atom. The Kier molecular flexibility index (Phi) is 3.73. The van der Waals surface area contributed by atoms with Crippen molar-refractivity contribution in [3.63, 3.8) is 0 Å². The summed E-state index contributed by atoms with van der Waals surface area (Å²) in [4.78, 5) is 12.5. The molecule has 5 nitrogen and oxygen atoms in total. The highest BCUT2D eigenvalue weighted by molar-refractivity contribution is 6.31. The molecule has 0 atom stereocenters. The fourth-order valence-electron chi connectivity index (χ4n) is 2.24. The third-order valence-corrected chi connectivity index (χ3v) is 3.56. The lowest BCUT2D eigenvalue weighted by atomic mass is 10.2. The van der Waals surface area contributed by atoms with Gasteiger partial charge >= 0.3 is 6.03 Å². The summed E-state index contributed by atoms with van der Waals surface area (Å²) >= 11 is 5.97. The number of fused-ring (bicyclic) bond motifs is 1. The summed E-state index contributed by atoms with van der Waals surface area (Å²) in [5.74, 6) is 0.533. The molecule has 1 heterocycles. The van der Waals surface area contributed by atoms with Crippen molar-refractivity contribution in [3.05, 3.63) is 53.2 Å². The van der Waals surface area contributed by atoms with Crippen LogP contribution in [0.2, 0.25) is 5.02 Å². The molecule has 6 heteroatoms. The minimum Gasteiger partial charge on any atom is -0.495 e. The van der Waals surface area contributed by atoms with Gasteiger partial charge in [-0.15, -0.1) is 0 Å². The average molecular weight is 316 g/mol. The summed E-state index contributed by atoms with van der Waals surface area (Å²) in [7, 11) is 1.53. The Balaban J connectivity index is 1.97. The zero-order valence-electron chi connectivity index (χ0n) is 12.1. The number of nitrogens with zero attached hydrogens (tertiary/aromatic N) is 2. The Hall–Kier alpha value is -2.53. The van der Waals surface area contributed by atoms with Crippen LogP contribution in [0.25, 0.3) is 10.9 Å². The Morgan fingerprint density at radius 2 is 2.09 bits per heavy atom. The molecule has 0 unspecified atom stereocenters. The number of amides is 1. The third kappa shape index (κ3) is 2.63. The molecule has 2 aromatic carbocycles. The Bertz CT molecular complexity index is 858. The topological polar surface area (TPSA) is 56.1 Å². The lowest BCUT2D eigenvalue weighted by Gasteiger charge is -2.10. The molecule has 0 fully saturated rings. The van der Waals surface area contributed by atoms with Crippen LogP contribution in [0.4, 0.5) is 10.5 Å². The van der Waals surface area contributed by atoms with Gasteiger partial charge in [0.1, 0.15) is 5.75 Å². The van der Waals surface area contributed by atoms with Gasteiger partial charge in [-0.2, -0.15) is 9.78 Å². The van der Waals surface area contributed by atoms with Gasteiger partial charge in [0.05, 0.1) is 24.5 Å². The van der Waals surface area contributed by atoms with Crippen molar-refractivity contribution in [2.24, 2.45) is 0 Å². The van der Waals surface area contributed by atoms with E-state index in [0.29, 0.717) is 16.5 Å². The van der Waals surface area contributed by atoms with E-state index in [4.69, 9.17) is 16.3 Å². The Morgan fingerprint density at radius 1 is 1.27 bits per heavy atom. The van der Waals surface area contributed by atoms with Crippen LogP contribution in [0.15, 0.2) is 42.6 Å². The lowest BCUT2D eigenvalue weighted by Crippen LogP contribution is -2.20. The molecule has 0 aliphatic heterocycles. The van der Waals surface area contributed by atoms with Gasteiger partial charge in [-0.25, -0.2) is 4.79 Å². The largest absolute Gasteiger partial charge is 0.495 e. The SMILES string of the molecule is COc1ccc(Cl)cc1NC(=O)n1ncc2ccc(C)cc21. The number of ether oxygens (including phenoxy) is 1. The molecule has 1 aromatic heterocycles. The molecule has 0 saturated heterocycles. The van der Waals surface area contributed by atoms with Crippen LogP contribution >= 0.6 is 11.6 Å². The molecule has 0 aliphatic carbocycles. The van der Waals surface area contributed by atoms with Gasteiger partial charge in [0, 0.05) is 10.4 Å². The van der Waals surface area contributed by atoms with E-state index >= 15 is 0 Å². The second-order valence-corrected chi connectivity index (χ2v) is 5.33. The van der Waals surface area contributed by atoms with Crippen molar-refractivity contribution in [1.29, 1.82) is 0 Å². The molecule has 22 heavy (non-hydrogen) atoms. The van der Waals surface area contributed by atoms with Gasteiger partial charge in [-0.3, -0.25) is 0 Å². The number of rotatable bonds is 2. The summed E-state index contributed by atoms with van der Waals surface area (Å²) < 4.78 is 6.54. The van der Waals surface area contributed by atoms with Crippen molar-refractivity contribution < 1.29 is 9.53 Å². The molecule has 0 radical (unpaired) electrons. The Labute approximate surface area is 132 Å². The summed E-state index contributed by atoms with van der Waals surface area (Å²) in [6.07, 6.45) is 1.66. The number of carbonyl (C=O) groups is 1. The summed E-state index contributed by atoms with van der Waals surface area (Å²) in [5.41, 5.74) is 2.30. The number of hydrogen-bond acceptors (Lipinski definition) is 3. The molecule has 1 amide bonds. The third-order valence-electron chi connectivity index (χ3n) is 3.32. The van der Waals surface area contributed by atoms with Crippen molar-refractivity contribution in [2.75, 3.05) is 12.4 Å². The first-order chi connectivity index (χ1) is 10.6. The minimum absolute atomic E-state index is 0.374. The molecule has 112 valence electrons. The minimum atomic E-state index is -0.374. The summed E-state index contributed by atoms with van der Waals surface area (Å²) in [5, 5.41) is 8.32. The molecule has 3 rings (SSSR count). The fourth-order valence-corrected chi connectivity index (χ4v) is 2.41. The molecule has 0 spiro atoms. The number of aryl methyl sites for hydroxylation is 1. The van der Waals surface area contributed by atoms with Gasteiger partial charge in [-0.1, -0.05) is 23.7 Å². The molecule has 3 aromatic rings. The highest BCUT2D eigenvalue weighted by Crippen LogP contribution is 2.28. The first-order valence-corrected chi connectivity index (χ1v) is 7.05. The normalized spacial score (nSPS) is 10.7. The monoisotopic (exact) mass is 315 g/mol. The second-order valence-electron chi connectivity index (χ2n) is 4.89. The first kappa shape index (κ1) is 14.4. The van der Waals surface area contributed by atoms with E-state index in [1.807, 2.05) is 25.1 Å². The van der Waals surface area contributed by atoms with Crippen molar-refractivity contribution in [1.82, 2.24) is 9.78 Å². The van der Waals surface area contributed by atoms with E-state index in [9.17, 15) is 4.79 Å². The molecule has 0 saturated carbocycles. The van der Waals surface area contributed by atoms with Gasteiger partial charge in [-0.05, 0) is 36.8 Å². The number of aromatic nitrogens is 2. The molecular weight excluding hydrogens is 302 g/mol. The number of methoxy groups -OCH3 is 1. The zero-order chi connectivity index (χ0) is 15.7. The predicted molar refractivity (Wildman–Crippen MR) is 86.9 cm³/mol. The molecule has 0 aliphatic rings. The molecule has 1 N–H and O–H groups in total. The first-order valence-electron chi connectivity index (χ1n) is 6.68. The van der Waals surface area contributed by atoms with E-state index < -0.39 is 0 Å². The number of anilines is 1. The maximum atomic E-state index is 12.5. The highest BCUT2D eigenvalue weighted by Gasteiger charge is 2.13. The van der Waals surface area contributed by atoms with Crippen LogP contribution in [0.1, 0.15) is 5.56 Å². The quantitative estimate of drug-likeness (QED) is 0.775. The number of hydrogen-bond donors (Lipinski definition) is 1. The van der Waals surface area contributed by atoms with E-state index in [1.165, 1.54) is 11.8 Å². The van der Waals surface area contributed by atoms with Crippen LogP contribution in [0, 0.1) is 6.92 Å². The van der Waals surface area contributed by atoms with Gasteiger partial charge in [0.15, 0.2) is 0 Å². The number of carbonyl (C=O) groups excluding carboxylic acids is 1. The van der Waals surface area contributed by atoms with Crippen molar-refractivity contribution >= 4 is 34.2 Å². The number of benzene rings is 2. The van der Waals surface area contributed by atoms with Crippen LogP contribution in [-0.2, 0) is 0 Å². The number of halogens is 1. The van der Waals surface area contributed by atoms with E-state index in [-0.39, 0.29) is 6.03 Å². The maximum Gasteiger partial charge on any atom is 0.347 e. The van der Waals surface area contributed by atoms with Crippen LogP contribution < -0.4 is 10.1 Å². The smallest absolute Gasteiger partial charge is 0.347 e. The van der Waals surface area contributed by atoms with Gasteiger partial charge in [0.25, 0.3) is 0 Å². The summed E-state index contributed by atoms with van der Waals surface area (Å²) in [6.45, 7) is 1.97. The highest BCUT2D eigenvalue weighted by atomic mass is 35.5. The van der Waals surface area contributed by atoms with Crippen LogP contribution in [0.3, 0.4) is 0 Å². The van der Waals surface area contributed by atoms with Crippen LogP contribution in [0.5, 0.6) is 5.75 Å². The molecular formula is C16H14ClN3O2. The van der Waals surface area contributed by atoms with Gasteiger partial charge < -0.3 is 10.1 Å². The zero-order valence-corrected chi connectivity index (χ0v) is 12.9. The summed E-state index contributed by atoms with van der Waals surface area (Å²) in [6, 6.07) is 10.5. The maximum absolute atomic E-state index is 12.5. The number of nitrogens with one attached hydrogen (secondary N) is 1. The van der Waals surface area contributed by atoms with Crippen molar-refractivity contribution in [2.45, 2.75) is 6.92 Å². The lowest BCUT2D eigenvalue weighted by molar-refractivity contribution is 0.251. The standard InChI is InChI=1S/C16H14ClN3O2/c1-10-3-4-11-9-18-20(14(11)7-10)16(21)19-13-8-12(17)5-6-15(13)22-2/h3-9H,1-2H3,(H,19,21). The van der Waals surface area contributed by atoms with E-state index in [1.54, 1.807) is 24.4 Å². The average Bonchev–Trinajstić information content (AvgIpc) is 2.90. The molecule has 0 bridgehead atoms. The van der Waals surface area contributed by atoms with Gasteiger partial charge in [0.2, 0.25) is 0 Å². The fraction of sp³-hybridized carbons (Fsp3) is 0.125. The van der Waals surface area contributed by atoms with E-state index in [2.05, 4.69) is 10.4 Å². The van der Waals surface area contributed by atoms with Crippen LogP contribution in [-0.4, -0.2) is 22.9 Å². The van der Waals surface area contributed by atoms with E-state index in [0.717, 1.165) is 16.5 Å². The predicted octanol–water partition coefficient (Wildman–Crippen LogP) is 4.09. The van der Waals surface area contributed by atoms with Crippen molar-refractivity contribution in [3.8, 4) is 5.75 Å². The second kappa shape index (κ2) is 5.69.